The second-order valence-electron chi connectivity index (χ2n) is 19.5. The average Bonchev–Trinajstić information content (AvgIpc) is 3.87. The number of aryl methyl sites for hydroxylation is 1. The number of para-hydroxylation sites is 1. The van der Waals surface area contributed by atoms with Crippen molar-refractivity contribution in [3.8, 4) is 5.75 Å². The summed E-state index contributed by atoms with van der Waals surface area (Å²) < 4.78 is 19.4. The zero-order valence-electron chi connectivity index (χ0n) is 43.5. The molecule has 2 fully saturated rings. The van der Waals surface area contributed by atoms with Gasteiger partial charge < -0.3 is 68.6 Å². The van der Waals surface area contributed by atoms with Crippen LogP contribution in [0.2, 0.25) is 0 Å². The Bertz CT molecular complexity index is 2940. The molecule has 3 aromatic carbocycles. The first kappa shape index (κ1) is 59.6. The number of hydrogen-bond acceptors (Lipinski definition) is 15. The molecule has 21 nitrogen and oxygen atoms in total. The summed E-state index contributed by atoms with van der Waals surface area (Å²) >= 11 is 5.01. The molecular weight excluding hydrogens is 1180 g/mol. The molecule has 0 radical (unpaired) electrons. The van der Waals surface area contributed by atoms with Crippen LogP contribution in [0.15, 0.2) is 66.7 Å². The molecule has 2 aromatic heterocycles. The van der Waals surface area contributed by atoms with Crippen molar-refractivity contribution in [1.29, 1.82) is 0 Å². The molecule has 7 rings (SSSR count). The minimum Gasteiger partial charge on any atom is -0.779 e. The Morgan fingerprint density at radius 3 is 2.34 bits per heavy atom. The number of aromatic nitrogens is 3. The summed E-state index contributed by atoms with van der Waals surface area (Å²) in [4.78, 5) is 99.6. The van der Waals surface area contributed by atoms with Gasteiger partial charge in [-0.05, 0) is 67.0 Å². The Balaban J connectivity index is 0.00000961. The van der Waals surface area contributed by atoms with Crippen LogP contribution in [0, 0.1) is 5.92 Å². The van der Waals surface area contributed by atoms with Gasteiger partial charge in [0.2, 0.25) is 35.8 Å². The maximum absolute atomic E-state index is 13.6. The minimum atomic E-state index is -1.36. The van der Waals surface area contributed by atoms with E-state index in [9.17, 15) is 43.8 Å². The van der Waals surface area contributed by atoms with Crippen molar-refractivity contribution in [3.63, 3.8) is 0 Å². The summed E-state index contributed by atoms with van der Waals surface area (Å²) in [5.74, 6) is -2.64. The van der Waals surface area contributed by atoms with E-state index in [0.29, 0.717) is 42.7 Å². The molecule has 23 heteroatoms. The fourth-order valence-electron chi connectivity index (χ4n) is 9.02. The maximum Gasteiger partial charge on any atom is 0.407 e. The molecule has 412 valence electrons. The van der Waals surface area contributed by atoms with Crippen molar-refractivity contribution in [1.82, 2.24) is 35.4 Å². The number of carboxylic acid groups (broad SMARTS) is 1. The Morgan fingerprint density at radius 2 is 1.64 bits per heavy atom. The number of aliphatic hydroxyl groups excluding tert-OH is 1. The van der Waals surface area contributed by atoms with Crippen molar-refractivity contribution < 1.29 is 79.1 Å². The predicted octanol–water partition coefficient (Wildman–Crippen LogP) is 5.13. The number of carbonyl (C=O) groups is 7. The number of amides is 6. The van der Waals surface area contributed by atoms with Gasteiger partial charge in [0.1, 0.15) is 35.8 Å². The molecule has 4 heterocycles. The monoisotopic (exact) mass is 1250 g/mol. The molecule has 2 aliphatic heterocycles. The molecule has 77 heavy (non-hydrogen) atoms. The summed E-state index contributed by atoms with van der Waals surface area (Å²) in [6, 6.07) is 18.1. The van der Waals surface area contributed by atoms with E-state index < -0.39 is 59.7 Å². The molecule has 5 unspecified atom stereocenters. The molecule has 6 atom stereocenters. The third kappa shape index (κ3) is 15.8. The van der Waals surface area contributed by atoms with E-state index in [4.69, 9.17) is 37.6 Å². The summed E-state index contributed by atoms with van der Waals surface area (Å²) in [5.41, 5.74) is 11.2. The third-order valence-corrected chi connectivity index (χ3v) is 13.6. The number of anilines is 2. The van der Waals surface area contributed by atoms with Crippen LogP contribution in [-0.4, -0.2) is 114 Å². The Morgan fingerprint density at radius 1 is 0.909 bits per heavy atom. The summed E-state index contributed by atoms with van der Waals surface area (Å²) in [6.45, 7) is 7.79. The molecule has 6 amide bonds. The topological polar surface area (TPSA) is 296 Å². The largest absolute Gasteiger partial charge is 0.779 e. The van der Waals surface area contributed by atoms with Gasteiger partial charge in [0.15, 0.2) is 11.9 Å². The smallest absolute Gasteiger partial charge is 0.407 e. The fourth-order valence-corrected chi connectivity index (χ4v) is 9.29. The Labute approximate surface area is 465 Å². The number of rotatable bonds is 24. The number of hydrogen-bond donors (Lipinski definition) is 7. The van der Waals surface area contributed by atoms with Gasteiger partial charge in [0.05, 0.1) is 22.8 Å². The molecule has 5 aromatic rings. The zero-order chi connectivity index (χ0) is 54.6. The maximum atomic E-state index is 13.6. The van der Waals surface area contributed by atoms with E-state index in [-0.39, 0.29) is 102 Å². The van der Waals surface area contributed by atoms with Crippen molar-refractivity contribution >= 4 is 87.7 Å². The van der Waals surface area contributed by atoms with Gasteiger partial charge >= 0.3 is 12.1 Å². The van der Waals surface area contributed by atoms with Gasteiger partial charge in [-0.15, -0.1) is 0 Å². The number of fused-ring (bicyclic) bond motifs is 3. The SMILES string of the molecule is CCCCc1nc2c(N)nc3ccccc3c2n1Cc1ccc(CNC(=O)OCc2ccc(NC(=O)[C@H](C)NC(=O)C(NC(=O)CCCCCN3C(=O)CC([S-])C3=O)C(C)C)c(OC3CC(O)CC(C(=O)O)O3)c2)cc1.[W]. The third-order valence-electron chi connectivity index (χ3n) is 13.2. The number of carboxylic acids is 1. The van der Waals surface area contributed by atoms with E-state index in [1.807, 2.05) is 48.5 Å². The number of nitrogens with one attached hydrogen (secondary N) is 4. The number of likely N-dealkylation sites (tertiary alicyclic amines) is 1. The molecule has 2 saturated heterocycles. The number of unbranched alkanes of at least 4 members (excludes halogenated alkanes) is 3. The zero-order valence-corrected chi connectivity index (χ0v) is 47.2. The molecule has 0 bridgehead atoms. The Hall–Kier alpha value is -6.61. The average molecular weight is 1250 g/mol. The number of imide groups is 1. The standard InChI is InChI=1S/C54H67N9O12S.W/c1-5-6-14-42-60-47-48(36-12-9-10-13-37(36)58-49(47)55)63(42)28-33-18-16-32(17-19-33)27-56-54(72)73-29-34-20-21-38(39(23-34)74-45-25-35(64)24-40(75-45)53(70)71)59-50(67)31(4)57-51(68)46(30(2)3)61-43(65)15-8-7-11-22-62-44(66)26-41(76)52(62)69;/h9-10,12-13,16-21,23,30-31,35,40-41,45-46,64,76H,5-8,11,14-15,22,24-29H2,1-4H3,(H2,55,58)(H,56,72)(H,57,68)(H,59,67)(H,61,65)(H,70,71);/p-1/t31-,35?,40?,41?,45?,46?;/m0./s1. The second-order valence-corrected chi connectivity index (χ2v) is 20.1. The number of benzene rings is 3. The van der Waals surface area contributed by atoms with Gasteiger partial charge in [0.25, 0.3) is 0 Å². The van der Waals surface area contributed by atoms with Crippen LogP contribution in [0.5, 0.6) is 5.75 Å². The fraction of sp³-hybridized carbons (Fsp3) is 0.463. The number of carbonyl (C=O) groups excluding carboxylic acids is 6. The number of aliphatic carboxylic acids is 1. The van der Waals surface area contributed by atoms with E-state index in [0.717, 1.165) is 57.5 Å². The van der Waals surface area contributed by atoms with Crippen LogP contribution >= 0.6 is 0 Å². The van der Waals surface area contributed by atoms with Crippen LogP contribution in [0.1, 0.15) is 108 Å². The van der Waals surface area contributed by atoms with Crippen LogP contribution in [0.4, 0.5) is 16.3 Å². The number of aliphatic hydroxyl groups is 1. The van der Waals surface area contributed by atoms with E-state index in [1.54, 1.807) is 19.9 Å². The number of nitrogens with two attached hydrogens (primary N) is 1. The molecular formula is C54H66N9O12SW-. The van der Waals surface area contributed by atoms with E-state index in [1.165, 1.54) is 19.1 Å². The van der Waals surface area contributed by atoms with Crippen LogP contribution in [-0.2, 0) is 98.1 Å². The first-order valence-electron chi connectivity index (χ1n) is 25.7. The summed E-state index contributed by atoms with van der Waals surface area (Å²) in [6.07, 6.45) is -0.221. The number of pyridine rings is 1. The first-order chi connectivity index (χ1) is 36.4. The molecule has 8 N–H and O–H groups in total. The van der Waals surface area contributed by atoms with Crippen LogP contribution in [0.3, 0.4) is 0 Å². The first-order valence-corrected chi connectivity index (χ1v) is 26.1. The quantitative estimate of drug-likeness (QED) is 0.0239. The summed E-state index contributed by atoms with van der Waals surface area (Å²) in [5, 5.41) is 31.2. The van der Waals surface area contributed by atoms with Gasteiger partial charge in [-0.25, -0.2) is 19.6 Å². The Kier molecular flexibility index (Phi) is 21.4. The number of ether oxygens (including phenoxy) is 3. The van der Waals surface area contributed by atoms with Crippen molar-refractivity contribution in [2.75, 3.05) is 17.6 Å². The van der Waals surface area contributed by atoms with Gasteiger partial charge in [-0.1, -0.05) is 87.4 Å². The minimum absolute atomic E-state index is 0. The number of imidazole rings is 1. The second kappa shape index (κ2) is 27.6. The van der Waals surface area contributed by atoms with Crippen molar-refractivity contribution in [2.45, 2.75) is 147 Å². The van der Waals surface area contributed by atoms with Gasteiger partial charge in [-0.2, -0.15) is 0 Å². The number of alkyl carbamates (subject to hydrolysis) is 1. The van der Waals surface area contributed by atoms with Crippen molar-refractivity contribution in [2.24, 2.45) is 5.92 Å². The van der Waals surface area contributed by atoms with Crippen LogP contribution in [0.25, 0.3) is 21.9 Å². The predicted molar refractivity (Wildman–Crippen MR) is 283 cm³/mol. The van der Waals surface area contributed by atoms with Crippen LogP contribution < -0.4 is 31.7 Å². The number of nitrogens with zero attached hydrogens (tertiary/aromatic N) is 4. The van der Waals surface area contributed by atoms with E-state index >= 15 is 0 Å². The van der Waals surface area contributed by atoms with E-state index in [2.05, 4.69) is 37.7 Å². The number of nitrogen functional groups attached to an aromatic ring is 1. The van der Waals surface area contributed by atoms with Gasteiger partial charge in [0, 0.05) is 78.2 Å². The summed E-state index contributed by atoms with van der Waals surface area (Å²) in [7, 11) is 0. The molecule has 0 saturated carbocycles. The molecule has 2 aliphatic rings. The van der Waals surface area contributed by atoms with Crippen molar-refractivity contribution in [3.05, 3.63) is 89.2 Å². The normalized spacial score (nSPS) is 18.1. The van der Waals surface area contributed by atoms with Gasteiger partial charge in [-0.3, -0.25) is 28.9 Å². The molecule has 0 spiro atoms. The molecule has 0 aliphatic carbocycles.